The van der Waals surface area contributed by atoms with E-state index in [2.05, 4.69) is 0 Å². The largest absolute Gasteiger partial charge is 0.475 e. The topological polar surface area (TPSA) is 71.7 Å². The second kappa shape index (κ2) is 4.93. The molecule has 0 aliphatic carbocycles. The maximum absolute atomic E-state index is 9.25. The summed E-state index contributed by atoms with van der Waals surface area (Å²) in [7, 11) is 0. The smallest absolute Gasteiger partial charge is 0.231 e. The van der Waals surface area contributed by atoms with Gasteiger partial charge in [0.15, 0.2) is 17.6 Å². The quantitative estimate of drug-likeness (QED) is 0.858. The lowest BCUT2D eigenvalue weighted by Crippen LogP contribution is -2.13. The average Bonchev–Trinajstić information content (AvgIpc) is 2.81. The number of hydrogen-bond donors (Lipinski definition) is 1. The molecule has 0 fully saturated rings. The Morgan fingerprint density at radius 1 is 1.47 bits per heavy atom. The Morgan fingerprint density at radius 3 is 2.76 bits per heavy atom. The number of hydrogen-bond acceptors (Lipinski definition) is 5. The summed E-state index contributed by atoms with van der Waals surface area (Å²) in [5, 5.41) is 18.1. The van der Waals surface area contributed by atoms with E-state index in [1.54, 1.807) is 12.1 Å². The first-order valence-corrected chi connectivity index (χ1v) is 5.38. The van der Waals surface area contributed by atoms with Gasteiger partial charge in [0.1, 0.15) is 11.8 Å². The molecule has 0 amide bonds. The highest BCUT2D eigenvalue weighted by atomic mass is 16.7. The van der Waals surface area contributed by atoms with Gasteiger partial charge in [-0.25, -0.2) is 0 Å². The van der Waals surface area contributed by atoms with Gasteiger partial charge in [-0.15, -0.1) is 0 Å². The van der Waals surface area contributed by atoms with Gasteiger partial charge < -0.3 is 19.3 Å². The van der Waals surface area contributed by atoms with Crippen LogP contribution in [0.4, 0.5) is 0 Å². The summed E-state index contributed by atoms with van der Waals surface area (Å²) in [5.74, 6) is 1.63. The molecule has 1 atom stereocenters. The maximum atomic E-state index is 9.25. The third-order valence-corrected chi connectivity index (χ3v) is 2.51. The first-order chi connectivity index (χ1) is 8.28. The third kappa shape index (κ3) is 2.27. The number of rotatable bonds is 4. The first-order valence-electron chi connectivity index (χ1n) is 5.38. The predicted molar refractivity (Wildman–Crippen MR) is 58.8 cm³/mol. The van der Waals surface area contributed by atoms with Crippen molar-refractivity contribution in [2.24, 2.45) is 0 Å². The van der Waals surface area contributed by atoms with Crippen LogP contribution in [0.25, 0.3) is 0 Å². The van der Waals surface area contributed by atoms with E-state index >= 15 is 0 Å². The zero-order valence-corrected chi connectivity index (χ0v) is 9.47. The molecule has 0 saturated carbocycles. The Morgan fingerprint density at radius 2 is 2.18 bits per heavy atom. The molecular formula is C12H13NO4. The van der Waals surface area contributed by atoms with E-state index in [1.807, 2.05) is 13.0 Å². The van der Waals surface area contributed by atoms with E-state index in [-0.39, 0.29) is 13.4 Å². The van der Waals surface area contributed by atoms with Crippen molar-refractivity contribution in [3.63, 3.8) is 0 Å². The lowest BCUT2D eigenvalue weighted by molar-refractivity contribution is 0.173. The lowest BCUT2D eigenvalue weighted by Gasteiger charge is -2.14. The minimum Gasteiger partial charge on any atom is -0.475 e. The molecular weight excluding hydrogens is 222 g/mol. The summed E-state index contributed by atoms with van der Waals surface area (Å²) >= 11 is 0. The predicted octanol–water partition coefficient (Wildman–Crippen LogP) is 1.59. The molecule has 5 nitrogen and oxygen atoms in total. The SMILES string of the molecule is CCC(C#N)Oc1cc2c(cc1CO)OCO2. The average molecular weight is 235 g/mol. The van der Waals surface area contributed by atoms with Crippen molar-refractivity contribution in [2.75, 3.05) is 6.79 Å². The Labute approximate surface area is 99.1 Å². The maximum Gasteiger partial charge on any atom is 0.231 e. The molecule has 17 heavy (non-hydrogen) atoms. The molecule has 0 spiro atoms. The van der Waals surface area contributed by atoms with Gasteiger partial charge in [0.05, 0.1) is 6.61 Å². The third-order valence-electron chi connectivity index (χ3n) is 2.51. The molecule has 1 aromatic carbocycles. The fraction of sp³-hybridized carbons (Fsp3) is 0.417. The van der Waals surface area contributed by atoms with Crippen molar-refractivity contribution in [1.82, 2.24) is 0 Å². The monoisotopic (exact) mass is 235 g/mol. The van der Waals surface area contributed by atoms with Crippen LogP contribution in [0.1, 0.15) is 18.9 Å². The molecule has 1 aromatic rings. The molecule has 1 N–H and O–H groups in total. The van der Waals surface area contributed by atoms with Crippen molar-refractivity contribution < 1.29 is 19.3 Å². The van der Waals surface area contributed by atoms with E-state index in [9.17, 15) is 5.11 Å². The van der Waals surface area contributed by atoms with Crippen LogP contribution >= 0.6 is 0 Å². The number of nitrogens with zero attached hydrogens (tertiary/aromatic N) is 1. The van der Waals surface area contributed by atoms with Crippen LogP contribution in [-0.2, 0) is 6.61 Å². The van der Waals surface area contributed by atoms with Gasteiger partial charge in [0.2, 0.25) is 6.79 Å². The van der Waals surface area contributed by atoms with Gasteiger partial charge in [-0.05, 0) is 12.5 Å². The molecule has 0 bridgehead atoms. The Bertz CT molecular complexity index is 453. The Balaban J connectivity index is 2.30. The van der Waals surface area contributed by atoms with Gasteiger partial charge in [0, 0.05) is 11.6 Å². The molecule has 5 heteroatoms. The van der Waals surface area contributed by atoms with Crippen LogP contribution in [-0.4, -0.2) is 18.0 Å². The molecule has 2 rings (SSSR count). The van der Waals surface area contributed by atoms with Crippen LogP contribution in [0.2, 0.25) is 0 Å². The fourth-order valence-corrected chi connectivity index (χ4v) is 1.55. The second-order valence-corrected chi connectivity index (χ2v) is 3.62. The van der Waals surface area contributed by atoms with Crippen molar-refractivity contribution in [3.8, 4) is 23.3 Å². The zero-order valence-electron chi connectivity index (χ0n) is 9.47. The zero-order chi connectivity index (χ0) is 12.3. The number of aliphatic hydroxyl groups excluding tert-OH is 1. The van der Waals surface area contributed by atoms with Crippen LogP contribution < -0.4 is 14.2 Å². The fourth-order valence-electron chi connectivity index (χ4n) is 1.55. The van der Waals surface area contributed by atoms with Gasteiger partial charge in [-0.2, -0.15) is 5.26 Å². The number of aliphatic hydroxyl groups is 1. The number of ether oxygens (including phenoxy) is 3. The molecule has 1 aliphatic heterocycles. The minimum absolute atomic E-state index is 0.166. The standard InChI is InChI=1S/C12H13NO4/c1-2-9(5-13)17-10-4-12-11(15-7-16-12)3-8(10)6-14/h3-4,9,14H,2,6-7H2,1H3. The van der Waals surface area contributed by atoms with Crippen molar-refractivity contribution in [3.05, 3.63) is 17.7 Å². The summed E-state index contributed by atoms with van der Waals surface area (Å²) < 4.78 is 15.9. The van der Waals surface area contributed by atoms with Gasteiger partial charge in [-0.1, -0.05) is 6.92 Å². The highest BCUT2D eigenvalue weighted by molar-refractivity contribution is 5.51. The normalized spacial score (nSPS) is 14.2. The highest BCUT2D eigenvalue weighted by Crippen LogP contribution is 2.38. The molecule has 0 radical (unpaired) electrons. The first kappa shape index (κ1) is 11.6. The van der Waals surface area contributed by atoms with E-state index in [1.165, 1.54) is 0 Å². The summed E-state index contributed by atoms with van der Waals surface area (Å²) in [5.41, 5.74) is 0.586. The Kier molecular flexibility index (Phi) is 3.35. The van der Waals surface area contributed by atoms with Gasteiger partial charge in [0.25, 0.3) is 0 Å². The summed E-state index contributed by atoms with van der Waals surface area (Å²) in [6, 6.07) is 5.36. The van der Waals surface area contributed by atoms with Crippen molar-refractivity contribution >= 4 is 0 Å². The molecule has 0 aromatic heterocycles. The minimum atomic E-state index is -0.527. The van der Waals surface area contributed by atoms with Crippen LogP contribution in [0.5, 0.6) is 17.2 Å². The van der Waals surface area contributed by atoms with E-state index in [0.717, 1.165) is 0 Å². The van der Waals surface area contributed by atoms with E-state index in [0.29, 0.717) is 29.2 Å². The summed E-state index contributed by atoms with van der Waals surface area (Å²) in [6.07, 6.45) is 0.0520. The molecule has 0 saturated heterocycles. The lowest BCUT2D eigenvalue weighted by atomic mass is 10.2. The van der Waals surface area contributed by atoms with Crippen molar-refractivity contribution in [1.29, 1.82) is 5.26 Å². The van der Waals surface area contributed by atoms with Gasteiger partial charge in [-0.3, -0.25) is 0 Å². The van der Waals surface area contributed by atoms with Crippen LogP contribution in [0.15, 0.2) is 12.1 Å². The number of benzene rings is 1. The molecule has 90 valence electrons. The van der Waals surface area contributed by atoms with Crippen LogP contribution in [0.3, 0.4) is 0 Å². The number of fused-ring (bicyclic) bond motifs is 1. The van der Waals surface area contributed by atoms with Crippen LogP contribution in [0, 0.1) is 11.3 Å². The van der Waals surface area contributed by atoms with E-state index < -0.39 is 6.10 Å². The molecule has 1 heterocycles. The molecule has 1 unspecified atom stereocenters. The Hall–Kier alpha value is -1.93. The van der Waals surface area contributed by atoms with Gasteiger partial charge >= 0.3 is 0 Å². The van der Waals surface area contributed by atoms with E-state index in [4.69, 9.17) is 19.5 Å². The van der Waals surface area contributed by atoms with Crippen molar-refractivity contribution in [2.45, 2.75) is 26.1 Å². The molecule has 1 aliphatic rings. The highest BCUT2D eigenvalue weighted by Gasteiger charge is 2.19. The number of nitriles is 1. The summed E-state index contributed by atoms with van der Waals surface area (Å²) in [6.45, 7) is 1.85. The second-order valence-electron chi connectivity index (χ2n) is 3.62. The summed E-state index contributed by atoms with van der Waals surface area (Å²) in [4.78, 5) is 0.